The van der Waals surface area contributed by atoms with Crippen LogP contribution in [0, 0.1) is 19.6 Å². The molecule has 0 saturated heterocycles. The molecule has 0 rings (SSSR count). The molecule has 152 valence electrons. The van der Waals surface area contributed by atoms with E-state index in [2.05, 4.69) is 20.9 Å². The normalized spacial score (nSPS) is 3.00. The van der Waals surface area contributed by atoms with Gasteiger partial charge in [0.05, 0.1) is 0 Å². The minimum absolute atomic E-state index is 0. The molecule has 0 aliphatic rings. The summed E-state index contributed by atoms with van der Waals surface area (Å²) in [4.78, 5) is 49.5. The molecule has 0 aromatic rings. The van der Waals surface area contributed by atoms with Gasteiger partial charge in [0.25, 0.3) is 6.47 Å². The van der Waals surface area contributed by atoms with Gasteiger partial charge < -0.3 is 42.0 Å². The minimum atomic E-state index is -0.250. The fourth-order valence-corrected chi connectivity index (χ4v) is 0.0411. The summed E-state index contributed by atoms with van der Waals surface area (Å²) in [6, 6.07) is 0. The van der Waals surface area contributed by atoms with Crippen LogP contribution in [0.1, 0.15) is 37.1 Å². The van der Waals surface area contributed by atoms with E-state index in [9.17, 15) is 0 Å². The van der Waals surface area contributed by atoms with Gasteiger partial charge in [-0.2, -0.15) is 9.59 Å². The van der Waals surface area contributed by atoms with Gasteiger partial charge >= 0.3 is 81.6 Å². The Bertz CT molecular complexity index is 229. The summed E-state index contributed by atoms with van der Waals surface area (Å²) in [5.41, 5.74) is 0. The number of hydrogen-bond acceptors (Lipinski definition) is 9. The number of carbonyl (C=O) groups is 1. The molecule has 0 bridgehead atoms. The summed E-state index contributed by atoms with van der Waals surface area (Å²) < 4.78 is 3.74. The average Bonchev–Trinajstić information content (AvgIpc) is 2.41. The van der Waals surface area contributed by atoms with E-state index in [0.717, 1.165) is 6.47 Å². The van der Waals surface area contributed by atoms with Gasteiger partial charge in [0, 0.05) is 7.11 Å². The van der Waals surface area contributed by atoms with Crippen molar-refractivity contribution in [2.45, 2.75) is 37.1 Å². The maximum Gasteiger partial charge on any atom is 2.00 e. The van der Waals surface area contributed by atoms with Crippen LogP contribution in [0.3, 0.4) is 0 Å². The van der Waals surface area contributed by atoms with Gasteiger partial charge in [0.1, 0.15) is 0 Å². The van der Waals surface area contributed by atoms with Crippen LogP contribution in [0.2, 0.25) is 0 Å². The van der Waals surface area contributed by atoms with Crippen molar-refractivity contribution in [3.05, 3.63) is 7.11 Å². The third-order valence-electron chi connectivity index (χ3n) is 0.207. The van der Waals surface area contributed by atoms with E-state index in [1.807, 2.05) is 7.11 Å². The molecule has 0 radical (unpaired) electrons. The van der Waals surface area contributed by atoms with Crippen molar-refractivity contribution in [3.8, 4) is 12.5 Å². The van der Waals surface area contributed by atoms with Crippen molar-refractivity contribution in [1.29, 1.82) is 0 Å². The van der Waals surface area contributed by atoms with Gasteiger partial charge in [-0.25, -0.2) is 0 Å². The molecule has 0 unspecified atom stereocenters. The molecule has 26 heavy (non-hydrogen) atoms. The Morgan fingerprint density at radius 2 is 1.23 bits per heavy atom. The van der Waals surface area contributed by atoms with Gasteiger partial charge in [-0.1, -0.05) is 50.0 Å². The van der Waals surface area contributed by atoms with Crippen LogP contribution in [0.15, 0.2) is 0 Å². The molecule has 0 amide bonds. The van der Waals surface area contributed by atoms with Crippen LogP contribution in [-0.4, -0.2) is 119 Å². The first kappa shape index (κ1) is 97.6. The smallest absolute Gasteiger partial charge is 1.03 e. The van der Waals surface area contributed by atoms with E-state index in [-0.39, 0.29) is 131 Å². The first-order valence-corrected chi connectivity index (χ1v) is 3.08. The number of carboxylic acid groups (broad SMARTS) is 1. The maximum absolute atomic E-state index is 9.00. The molecule has 0 fully saturated rings. The van der Waals surface area contributed by atoms with Gasteiger partial charge in [-0.15, -0.1) is 0 Å². The van der Waals surface area contributed by atoms with Crippen molar-refractivity contribution in [1.82, 2.24) is 0 Å². The molecule has 0 saturated carbocycles. The Balaban J connectivity index is -0.00000000711. The standard InChI is InChI=1S/C3HO3.C2H3O2.CH2O2.CO2.CH2O.5CH4.2Ca.H2O/c1-2-5-6-3-4;1-4-2-3;2*2-1-3;1-2;;;;;;;;/h1H;1H3;1H,(H,2,3);;1H2;5*1H4;;;1H2/q2*-1;;;-2;;;;;;2*+2;. The van der Waals surface area contributed by atoms with E-state index >= 15 is 0 Å². The predicted molar refractivity (Wildman–Crippen MR) is 97.2 cm³/mol. The number of carbonyl (C=O) groups excluding carboxylic acids is 4. The number of hydrogen-bond donors (Lipinski definition) is 1. The Hall–Kier alpha value is -0.411. The van der Waals surface area contributed by atoms with Crippen LogP contribution in [0.4, 0.5) is 0 Å². The zero-order chi connectivity index (χ0) is 15.7. The first-order valence-electron chi connectivity index (χ1n) is 3.08. The van der Waals surface area contributed by atoms with Crippen LogP contribution in [0.5, 0.6) is 0 Å². The van der Waals surface area contributed by atoms with Crippen LogP contribution >= 0.6 is 0 Å². The van der Waals surface area contributed by atoms with Crippen LogP contribution in [0.25, 0.3) is 0 Å². The molecule has 11 nitrogen and oxygen atoms in total. The number of rotatable bonds is 3. The van der Waals surface area contributed by atoms with E-state index in [0.29, 0.717) is 0 Å². The second kappa shape index (κ2) is 238. The van der Waals surface area contributed by atoms with Crippen molar-refractivity contribution in [2.75, 3.05) is 7.11 Å². The zero-order valence-electron chi connectivity index (χ0n) is 10.9. The van der Waals surface area contributed by atoms with Gasteiger partial charge in [-0.05, 0) is 6.47 Å². The van der Waals surface area contributed by atoms with Crippen molar-refractivity contribution >= 4 is 101 Å². The third-order valence-corrected chi connectivity index (χ3v) is 0.207. The van der Waals surface area contributed by atoms with Gasteiger partial charge in [0.2, 0.25) is 0 Å². The summed E-state index contributed by atoms with van der Waals surface area (Å²) in [5.74, 6) is 0. The first-order chi connectivity index (χ1) is 8.66. The van der Waals surface area contributed by atoms with Crippen molar-refractivity contribution in [2.24, 2.45) is 0 Å². The Labute approximate surface area is 217 Å². The summed E-state index contributed by atoms with van der Waals surface area (Å²) in [5, 5.41) is 14.9. The van der Waals surface area contributed by atoms with E-state index in [1.54, 1.807) is 6.11 Å². The average molecular weight is 443 g/mol. The molecular weight excluding hydrogens is 412 g/mol. The Morgan fingerprint density at radius 1 is 1.04 bits per heavy atom. The second-order valence-electron chi connectivity index (χ2n) is 0.844. The molecule has 0 aliphatic carbocycles. The van der Waals surface area contributed by atoms with Crippen LogP contribution in [-0.2, 0) is 38.5 Å². The van der Waals surface area contributed by atoms with Gasteiger partial charge in [-0.3, -0.25) is 9.68 Å². The fraction of sp³-hybridized carbons (Fsp3) is 0.462. The zero-order valence-corrected chi connectivity index (χ0v) is 15.3. The predicted octanol–water partition coefficient (Wildman–Crippen LogP) is -0.858. The van der Waals surface area contributed by atoms with Crippen LogP contribution < -0.4 is 5.11 Å². The Morgan fingerprint density at radius 3 is 1.27 bits per heavy atom. The molecule has 3 N–H and O–H groups in total. The number of methoxy groups -OCH3 is 1. The largest absolute Gasteiger partial charge is 2.00 e. The summed E-state index contributed by atoms with van der Waals surface area (Å²) in [6.45, 7) is 1.88. The second-order valence-corrected chi connectivity index (χ2v) is 0.844. The number of terminal acetylenes is 1. The molecule has 0 aromatic heterocycles. The molecule has 13 heteroatoms. The molecule has 0 atom stereocenters. The van der Waals surface area contributed by atoms with Gasteiger partial charge in [0.15, 0.2) is 6.11 Å². The summed E-state index contributed by atoms with van der Waals surface area (Å²) in [7, 11) is 3.26. The Kier molecular flexibility index (Phi) is 892. The SMILES string of the molecule is C.C.C.C.C.C#COO[C-]=O.CO[C-]=O.O.O=C=O.O=CO.[CH2-][O-].[Ca+2].[Ca+2]. The molecule has 0 aromatic carbocycles. The monoisotopic (exact) mass is 442 g/mol. The van der Waals surface area contributed by atoms with E-state index < -0.39 is 0 Å². The van der Waals surface area contributed by atoms with E-state index in [1.165, 1.54) is 13.6 Å². The molecule has 0 spiro atoms. The minimum Gasteiger partial charge on any atom is -1.03 e. The third kappa shape index (κ3) is 934. The topological polar surface area (TPSA) is 188 Å². The quantitative estimate of drug-likeness (QED) is 0.109. The number of ether oxygens (including phenoxy) is 1. The van der Waals surface area contributed by atoms with Crippen molar-refractivity contribution in [3.63, 3.8) is 0 Å². The maximum atomic E-state index is 9.00. The molecule has 0 aliphatic heterocycles. The molecular formula is C13H30Ca2O11. The summed E-state index contributed by atoms with van der Waals surface area (Å²) in [6.07, 6.45) is 6.27. The van der Waals surface area contributed by atoms with E-state index in [4.69, 9.17) is 34.2 Å². The van der Waals surface area contributed by atoms with Crippen molar-refractivity contribution < 1.29 is 54.2 Å². The molecule has 0 heterocycles. The summed E-state index contributed by atoms with van der Waals surface area (Å²) >= 11 is 0. The fourth-order valence-electron chi connectivity index (χ4n) is 0.0411.